The minimum Gasteiger partial charge on any atom is -0.368 e. The lowest BCUT2D eigenvalue weighted by atomic mass is 10.3. The Labute approximate surface area is 126 Å². The number of thiophene rings is 1. The Balaban J connectivity index is 2.22. The van der Waals surface area contributed by atoms with Gasteiger partial charge in [-0.3, -0.25) is 0 Å². The zero-order valence-corrected chi connectivity index (χ0v) is 13.5. The summed E-state index contributed by atoms with van der Waals surface area (Å²) in [6.45, 7) is 2.31. The van der Waals surface area contributed by atoms with E-state index in [-0.39, 0.29) is 17.6 Å². The number of hydrogen-bond acceptors (Lipinski definition) is 6. The van der Waals surface area contributed by atoms with Crippen molar-refractivity contribution in [3.05, 3.63) is 16.2 Å². The molecule has 2 aromatic rings. The van der Waals surface area contributed by atoms with Crippen LogP contribution in [-0.4, -0.2) is 37.7 Å². The van der Waals surface area contributed by atoms with E-state index >= 15 is 0 Å². The summed E-state index contributed by atoms with van der Waals surface area (Å²) in [5.74, 6) is 0.541. The molecule has 2 N–H and O–H groups in total. The lowest BCUT2D eigenvalue weighted by Crippen LogP contribution is -2.26. The third kappa shape index (κ3) is 3.57. The fraction of sp³-hybridized carbons (Fsp3) is 0.455. The standard InChI is InChI=1S/C11H15ClN4O2S2/c1-3-7-6-8-9(14-4-5-20(17,18)13-2)15-11(12)16-10(8)19-7/h6,13H,3-5H2,1-2H3,(H,14,15,16). The highest BCUT2D eigenvalue weighted by atomic mass is 35.5. The number of rotatable bonds is 6. The van der Waals surface area contributed by atoms with E-state index in [9.17, 15) is 8.42 Å². The van der Waals surface area contributed by atoms with Crippen LogP contribution in [0.2, 0.25) is 5.28 Å². The Morgan fingerprint density at radius 1 is 1.40 bits per heavy atom. The van der Waals surface area contributed by atoms with Crippen LogP contribution in [0.4, 0.5) is 5.82 Å². The van der Waals surface area contributed by atoms with Crippen LogP contribution in [-0.2, 0) is 16.4 Å². The first-order valence-electron chi connectivity index (χ1n) is 6.06. The van der Waals surface area contributed by atoms with E-state index in [1.54, 1.807) is 11.3 Å². The van der Waals surface area contributed by atoms with Crippen molar-refractivity contribution in [1.29, 1.82) is 0 Å². The maximum absolute atomic E-state index is 11.4. The molecule has 0 radical (unpaired) electrons. The molecule has 110 valence electrons. The topological polar surface area (TPSA) is 84.0 Å². The Morgan fingerprint density at radius 3 is 2.80 bits per heavy atom. The molecule has 0 spiro atoms. The Hall–Kier alpha value is -0.960. The van der Waals surface area contributed by atoms with Crippen molar-refractivity contribution in [2.24, 2.45) is 0 Å². The lowest BCUT2D eigenvalue weighted by molar-refractivity contribution is 0.588. The average molecular weight is 335 g/mol. The molecule has 0 saturated heterocycles. The number of aromatic nitrogens is 2. The van der Waals surface area contributed by atoms with Crippen molar-refractivity contribution >= 4 is 49.0 Å². The fourth-order valence-electron chi connectivity index (χ4n) is 1.66. The summed E-state index contributed by atoms with van der Waals surface area (Å²) in [5, 5.41) is 4.04. The summed E-state index contributed by atoms with van der Waals surface area (Å²) < 4.78 is 25.0. The minimum atomic E-state index is -3.24. The van der Waals surface area contributed by atoms with Gasteiger partial charge in [0.15, 0.2) is 0 Å². The van der Waals surface area contributed by atoms with Gasteiger partial charge in [-0.05, 0) is 31.1 Å². The second-order valence-corrected chi connectivity index (χ2v) is 7.58. The highest BCUT2D eigenvalue weighted by molar-refractivity contribution is 7.89. The van der Waals surface area contributed by atoms with E-state index in [1.807, 2.05) is 6.07 Å². The fourth-order valence-corrected chi connectivity index (χ4v) is 3.42. The van der Waals surface area contributed by atoms with Gasteiger partial charge < -0.3 is 5.32 Å². The van der Waals surface area contributed by atoms with E-state index < -0.39 is 10.0 Å². The quantitative estimate of drug-likeness (QED) is 0.788. The summed E-state index contributed by atoms with van der Waals surface area (Å²) in [5.41, 5.74) is 0. The van der Waals surface area contributed by atoms with E-state index in [0.29, 0.717) is 5.82 Å². The number of halogens is 1. The second kappa shape index (κ2) is 6.21. The van der Waals surface area contributed by atoms with Crippen LogP contribution in [0.15, 0.2) is 6.07 Å². The van der Waals surface area contributed by atoms with Crippen LogP contribution in [0.3, 0.4) is 0 Å². The number of nitrogens with zero attached hydrogens (tertiary/aromatic N) is 2. The van der Waals surface area contributed by atoms with Gasteiger partial charge in [0.1, 0.15) is 10.6 Å². The van der Waals surface area contributed by atoms with Gasteiger partial charge in [0.05, 0.1) is 11.1 Å². The Bertz CT molecular complexity index is 715. The summed E-state index contributed by atoms with van der Waals surface area (Å²) in [6, 6.07) is 2.01. The van der Waals surface area contributed by atoms with Crippen molar-refractivity contribution in [3.8, 4) is 0 Å². The first kappa shape index (κ1) is 15.4. The molecule has 2 aromatic heterocycles. The predicted molar refractivity (Wildman–Crippen MR) is 83.1 cm³/mol. The van der Waals surface area contributed by atoms with Gasteiger partial charge in [-0.2, -0.15) is 0 Å². The minimum absolute atomic E-state index is 0.0304. The molecule has 0 aromatic carbocycles. The summed E-state index contributed by atoms with van der Waals surface area (Å²) in [4.78, 5) is 10.3. The Kier molecular flexibility index (Phi) is 4.79. The molecule has 2 heterocycles. The van der Waals surface area contributed by atoms with Crippen LogP contribution in [0.25, 0.3) is 10.2 Å². The van der Waals surface area contributed by atoms with E-state index in [1.165, 1.54) is 11.9 Å². The van der Waals surface area contributed by atoms with E-state index in [4.69, 9.17) is 11.6 Å². The van der Waals surface area contributed by atoms with Crippen molar-refractivity contribution in [3.63, 3.8) is 0 Å². The van der Waals surface area contributed by atoms with Gasteiger partial charge in [-0.25, -0.2) is 23.1 Å². The van der Waals surface area contributed by atoms with Crippen LogP contribution in [0, 0.1) is 0 Å². The summed E-state index contributed by atoms with van der Waals surface area (Å²) >= 11 is 7.45. The molecule has 0 aliphatic carbocycles. The van der Waals surface area contributed by atoms with Crippen molar-refractivity contribution < 1.29 is 8.42 Å². The summed E-state index contributed by atoms with van der Waals surface area (Å²) in [6.07, 6.45) is 0.909. The second-order valence-electron chi connectivity index (χ2n) is 4.08. The van der Waals surface area contributed by atoms with Crippen LogP contribution in [0.5, 0.6) is 0 Å². The average Bonchev–Trinajstić information content (AvgIpc) is 2.81. The highest BCUT2D eigenvalue weighted by Gasteiger charge is 2.12. The normalized spacial score (nSPS) is 11.9. The number of fused-ring (bicyclic) bond motifs is 1. The molecular formula is C11H15ClN4O2S2. The van der Waals surface area contributed by atoms with Gasteiger partial charge in [-0.15, -0.1) is 11.3 Å². The number of anilines is 1. The zero-order chi connectivity index (χ0) is 14.8. The molecule has 20 heavy (non-hydrogen) atoms. The van der Waals surface area contributed by atoms with E-state index in [0.717, 1.165) is 16.6 Å². The first-order chi connectivity index (χ1) is 9.45. The molecule has 0 saturated carbocycles. The van der Waals surface area contributed by atoms with Gasteiger partial charge >= 0.3 is 0 Å². The SMILES string of the molecule is CCc1cc2c(NCCS(=O)(=O)NC)nc(Cl)nc2s1. The molecule has 0 unspecified atom stereocenters. The Morgan fingerprint density at radius 2 is 2.15 bits per heavy atom. The molecule has 9 heteroatoms. The van der Waals surface area contributed by atoms with E-state index in [2.05, 4.69) is 26.9 Å². The monoisotopic (exact) mass is 334 g/mol. The molecular weight excluding hydrogens is 320 g/mol. The summed E-state index contributed by atoms with van der Waals surface area (Å²) in [7, 11) is -1.85. The molecule has 6 nitrogen and oxygen atoms in total. The van der Waals surface area contributed by atoms with Gasteiger partial charge in [-0.1, -0.05) is 6.92 Å². The smallest absolute Gasteiger partial charge is 0.225 e. The molecule has 2 rings (SSSR count). The maximum Gasteiger partial charge on any atom is 0.225 e. The van der Waals surface area contributed by atoms with Gasteiger partial charge in [0.25, 0.3) is 0 Å². The molecule has 0 atom stereocenters. The predicted octanol–water partition coefficient (Wildman–Crippen LogP) is 1.87. The first-order valence-corrected chi connectivity index (χ1v) is 8.91. The number of hydrogen-bond donors (Lipinski definition) is 2. The van der Waals surface area contributed by atoms with Crippen LogP contribution < -0.4 is 10.0 Å². The third-order valence-corrected chi connectivity index (χ3v) is 5.45. The molecule has 0 aliphatic heterocycles. The molecule has 0 bridgehead atoms. The maximum atomic E-state index is 11.4. The van der Waals surface area contributed by atoms with Gasteiger partial charge in [0, 0.05) is 11.4 Å². The molecule has 0 aliphatic rings. The molecule has 0 fully saturated rings. The molecule has 0 amide bonds. The van der Waals surface area contributed by atoms with Gasteiger partial charge in [0.2, 0.25) is 15.3 Å². The highest BCUT2D eigenvalue weighted by Crippen LogP contribution is 2.30. The van der Waals surface area contributed by atoms with Crippen LogP contribution >= 0.6 is 22.9 Å². The largest absolute Gasteiger partial charge is 0.368 e. The van der Waals surface area contributed by atoms with Crippen molar-refractivity contribution in [1.82, 2.24) is 14.7 Å². The zero-order valence-electron chi connectivity index (χ0n) is 11.1. The van der Waals surface area contributed by atoms with Crippen molar-refractivity contribution in [2.45, 2.75) is 13.3 Å². The van der Waals surface area contributed by atoms with Crippen LogP contribution in [0.1, 0.15) is 11.8 Å². The third-order valence-electron chi connectivity index (χ3n) is 2.74. The number of nitrogens with one attached hydrogen (secondary N) is 2. The number of sulfonamides is 1. The lowest BCUT2D eigenvalue weighted by Gasteiger charge is -2.07. The number of aryl methyl sites for hydroxylation is 1. The van der Waals surface area contributed by atoms with Crippen molar-refractivity contribution in [2.75, 3.05) is 24.7 Å².